The fourth-order valence-electron chi connectivity index (χ4n) is 3.80. The maximum atomic E-state index is 13.7. The zero-order chi connectivity index (χ0) is 26.8. The molecule has 8 heteroatoms. The van der Waals surface area contributed by atoms with Crippen molar-refractivity contribution < 1.29 is 9.59 Å². The van der Waals surface area contributed by atoms with Crippen LogP contribution in [0.25, 0.3) is 0 Å². The first-order valence-electron chi connectivity index (χ1n) is 12.2. The smallest absolute Gasteiger partial charge is 0.243 e. The van der Waals surface area contributed by atoms with Crippen molar-refractivity contribution in [3.8, 4) is 0 Å². The molecule has 0 aliphatic heterocycles. The van der Waals surface area contributed by atoms with E-state index in [4.69, 9.17) is 23.2 Å². The molecule has 0 saturated heterocycles. The van der Waals surface area contributed by atoms with Crippen LogP contribution in [0.2, 0.25) is 10.0 Å². The summed E-state index contributed by atoms with van der Waals surface area (Å²) >= 11 is 17.2. The molecule has 0 aliphatic carbocycles. The molecule has 4 nitrogen and oxygen atoms in total. The second-order valence-electron chi connectivity index (χ2n) is 8.92. The molecule has 0 radical (unpaired) electrons. The number of amides is 2. The zero-order valence-electron chi connectivity index (χ0n) is 20.9. The van der Waals surface area contributed by atoms with Crippen molar-refractivity contribution in [2.75, 3.05) is 5.75 Å². The Labute approximate surface area is 242 Å². The molecule has 196 valence electrons. The SMILES string of the molecule is CC[C@@H](C)NC(=O)[C@@H](Cc1ccccc1)N(Cc1cccc(Br)c1)C(=O)CSCc1ccc(Cl)c(Cl)c1. The fourth-order valence-corrected chi connectivity index (χ4v) is 5.42. The van der Waals surface area contributed by atoms with E-state index in [-0.39, 0.29) is 23.6 Å². The number of nitrogens with zero attached hydrogens (tertiary/aromatic N) is 1. The Morgan fingerprint density at radius 2 is 1.68 bits per heavy atom. The van der Waals surface area contributed by atoms with Gasteiger partial charge < -0.3 is 10.2 Å². The minimum atomic E-state index is -0.645. The Morgan fingerprint density at radius 3 is 2.35 bits per heavy atom. The Balaban J connectivity index is 1.85. The summed E-state index contributed by atoms with van der Waals surface area (Å²) in [6.07, 6.45) is 1.24. The van der Waals surface area contributed by atoms with E-state index in [9.17, 15) is 9.59 Å². The van der Waals surface area contributed by atoms with Crippen LogP contribution in [0.5, 0.6) is 0 Å². The molecule has 0 aliphatic rings. The van der Waals surface area contributed by atoms with Gasteiger partial charge in [-0.05, 0) is 54.3 Å². The number of nitrogens with one attached hydrogen (secondary N) is 1. The Morgan fingerprint density at radius 1 is 0.946 bits per heavy atom. The highest BCUT2D eigenvalue weighted by atomic mass is 79.9. The van der Waals surface area contributed by atoms with E-state index in [0.717, 1.165) is 27.6 Å². The van der Waals surface area contributed by atoms with Crippen LogP contribution in [0.15, 0.2) is 77.3 Å². The molecular formula is C29H31BrCl2N2O2S. The van der Waals surface area contributed by atoms with E-state index >= 15 is 0 Å². The molecule has 2 amide bonds. The highest BCUT2D eigenvalue weighted by molar-refractivity contribution is 9.10. The van der Waals surface area contributed by atoms with Gasteiger partial charge in [0.1, 0.15) is 6.04 Å². The minimum Gasteiger partial charge on any atom is -0.352 e. The van der Waals surface area contributed by atoms with Crippen molar-refractivity contribution in [1.29, 1.82) is 0 Å². The van der Waals surface area contributed by atoms with Gasteiger partial charge in [-0.25, -0.2) is 0 Å². The van der Waals surface area contributed by atoms with Gasteiger partial charge in [0.25, 0.3) is 0 Å². The van der Waals surface area contributed by atoms with Gasteiger partial charge in [0.05, 0.1) is 15.8 Å². The summed E-state index contributed by atoms with van der Waals surface area (Å²) in [5.74, 6) is 0.604. The van der Waals surface area contributed by atoms with Crippen molar-refractivity contribution in [1.82, 2.24) is 10.2 Å². The molecule has 3 rings (SSSR count). The van der Waals surface area contributed by atoms with Crippen LogP contribution in [0.1, 0.15) is 37.0 Å². The molecule has 0 fully saturated rings. The van der Waals surface area contributed by atoms with Crippen LogP contribution < -0.4 is 5.32 Å². The Kier molecular flexibility index (Phi) is 11.8. The van der Waals surface area contributed by atoms with Gasteiger partial charge in [-0.15, -0.1) is 11.8 Å². The van der Waals surface area contributed by atoms with Gasteiger partial charge in [0.15, 0.2) is 0 Å². The number of carbonyl (C=O) groups is 2. The van der Waals surface area contributed by atoms with Gasteiger partial charge in [-0.1, -0.05) is 94.6 Å². The van der Waals surface area contributed by atoms with Crippen LogP contribution >= 0.6 is 50.9 Å². The first kappa shape index (κ1) is 29.6. The molecule has 0 aromatic heterocycles. The molecule has 2 atom stereocenters. The monoisotopic (exact) mass is 620 g/mol. The standard InChI is InChI=1S/C29H31BrCl2N2O2S/c1-3-20(2)33-29(36)27(16-21-8-5-4-6-9-21)34(17-22-10-7-11-24(30)14-22)28(35)19-37-18-23-12-13-25(31)26(32)15-23/h4-15,20,27H,3,16-19H2,1-2H3,(H,33,36)/t20-,27-/m1/s1. The number of rotatable bonds is 12. The number of thioether (sulfide) groups is 1. The number of benzene rings is 3. The highest BCUT2D eigenvalue weighted by Gasteiger charge is 2.31. The molecule has 0 saturated carbocycles. The summed E-state index contributed by atoms with van der Waals surface area (Å²) in [6.45, 7) is 4.34. The number of hydrogen-bond donors (Lipinski definition) is 1. The number of halogens is 3. The first-order valence-corrected chi connectivity index (χ1v) is 14.9. The third kappa shape index (κ3) is 9.36. The maximum absolute atomic E-state index is 13.7. The summed E-state index contributed by atoms with van der Waals surface area (Å²) in [7, 11) is 0. The topological polar surface area (TPSA) is 49.4 Å². The molecule has 3 aromatic rings. The molecule has 0 unspecified atom stereocenters. The molecule has 1 N–H and O–H groups in total. The number of carbonyl (C=O) groups excluding carboxylic acids is 2. The lowest BCUT2D eigenvalue weighted by atomic mass is 10.0. The van der Waals surface area contributed by atoms with Crippen molar-refractivity contribution >= 4 is 62.7 Å². The second kappa shape index (κ2) is 14.8. The first-order chi connectivity index (χ1) is 17.8. The Bertz CT molecular complexity index is 1200. The summed E-state index contributed by atoms with van der Waals surface area (Å²) in [6, 6.07) is 22.5. The molecule has 0 bridgehead atoms. The third-order valence-corrected chi connectivity index (χ3v) is 8.21. The average molecular weight is 622 g/mol. The molecular weight excluding hydrogens is 591 g/mol. The quantitative estimate of drug-likeness (QED) is 0.227. The van der Waals surface area contributed by atoms with E-state index < -0.39 is 6.04 Å². The van der Waals surface area contributed by atoms with Crippen LogP contribution in [0, 0.1) is 0 Å². The predicted octanol–water partition coefficient (Wildman–Crippen LogP) is 7.54. The van der Waals surface area contributed by atoms with E-state index in [2.05, 4.69) is 21.2 Å². The average Bonchev–Trinajstić information content (AvgIpc) is 2.88. The summed E-state index contributed by atoms with van der Waals surface area (Å²) < 4.78 is 0.926. The summed E-state index contributed by atoms with van der Waals surface area (Å²) in [5, 5.41) is 4.09. The molecule has 37 heavy (non-hydrogen) atoms. The highest BCUT2D eigenvalue weighted by Crippen LogP contribution is 2.25. The third-order valence-electron chi connectivity index (χ3n) is 5.99. The minimum absolute atomic E-state index is 0.0117. The zero-order valence-corrected chi connectivity index (χ0v) is 24.8. The fraction of sp³-hybridized carbons (Fsp3) is 0.310. The van der Waals surface area contributed by atoms with Crippen molar-refractivity contribution in [3.05, 3.63) is 104 Å². The van der Waals surface area contributed by atoms with Gasteiger partial charge in [-0.2, -0.15) is 0 Å². The predicted molar refractivity (Wildman–Crippen MR) is 159 cm³/mol. The van der Waals surface area contributed by atoms with Gasteiger partial charge in [0, 0.05) is 29.2 Å². The summed E-state index contributed by atoms with van der Waals surface area (Å²) in [5.41, 5.74) is 2.94. The lowest BCUT2D eigenvalue weighted by molar-refractivity contribution is -0.139. The van der Waals surface area contributed by atoms with Crippen LogP contribution in [0.3, 0.4) is 0 Å². The lowest BCUT2D eigenvalue weighted by Gasteiger charge is -2.32. The van der Waals surface area contributed by atoms with Gasteiger partial charge in [0.2, 0.25) is 11.8 Å². The lowest BCUT2D eigenvalue weighted by Crippen LogP contribution is -2.52. The van der Waals surface area contributed by atoms with Crippen molar-refractivity contribution in [2.24, 2.45) is 0 Å². The van der Waals surface area contributed by atoms with E-state index in [1.807, 2.05) is 80.6 Å². The van der Waals surface area contributed by atoms with E-state index in [0.29, 0.717) is 28.8 Å². The number of hydrogen-bond acceptors (Lipinski definition) is 3. The van der Waals surface area contributed by atoms with Crippen LogP contribution in [-0.2, 0) is 28.3 Å². The van der Waals surface area contributed by atoms with E-state index in [1.165, 1.54) is 11.8 Å². The van der Waals surface area contributed by atoms with Gasteiger partial charge in [-0.3, -0.25) is 9.59 Å². The maximum Gasteiger partial charge on any atom is 0.243 e. The summed E-state index contributed by atoms with van der Waals surface area (Å²) in [4.78, 5) is 29.0. The second-order valence-corrected chi connectivity index (χ2v) is 11.6. The Hall–Kier alpha value is -1.99. The molecule has 0 spiro atoms. The normalized spacial score (nSPS) is 12.6. The van der Waals surface area contributed by atoms with Crippen LogP contribution in [0.4, 0.5) is 0 Å². The largest absolute Gasteiger partial charge is 0.352 e. The van der Waals surface area contributed by atoms with E-state index in [1.54, 1.807) is 11.0 Å². The van der Waals surface area contributed by atoms with Crippen molar-refractivity contribution in [2.45, 2.75) is 51.1 Å². The molecule has 3 aromatic carbocycles. The van der Waals surface area contributed by atoms with Crippen molar-refractivity contribution in [3.63, 3.8) is 0 Å². The molecule has 0 heterocycles. The van der Waals surface area contributed by atoms with Crippen LogP contribution in [-0.4, -0.2) is 34.6 Å². The van der Waals surface area contributed by atoms with Gasteiger partial charge >= 0.3 is 0 Å².